The Balaban J connectivity index is 2.10. The van der Waals surface area contributed by atoms with Crippen molar-refractivity contribution in [3.63, 3.8) is 0 Å². The van der Waals surface area contributed by atoms with Gasteiger partial charge < -0.3 is 10.6 Å². The molecule has 0 aromatic heterocycles. The van der Waals surface area contributed by atoms with Crippen LogP contribution in [0.25, 0.3) is 6.08 Å². The van der Waals surface area contributed by atoms with Crippen LogP contribution in [-0.4, -0.2) is 24.1 Å². The zero-order valence-electron chi connectivity index (χ0n) is 12.7. The number of amides is 1. The summed E-state index contributed by atoms with van der Waals surface area (Å²) in [6.45, 7) is 7.49. The fraction of sp³-hybridized carbons (Fsp3) is 0.438. The van der Waals surface area contributed by atoms with Gasteiger partial charge in [-0.05, 0) is 55.8 Å². The van der Waals surface area contributed by atoms with Crippen LogP contribution in [0.5, 0.6) is 0 Å². The molecule has 1 aliphatic heterocycles. The molecule has 0 saturated heterocycles. The van der Waals surface area contributed by atoms with Gasteiger partial charge >= 0.3 is 0 Å². The molecular formula is C16H21N3OS. The molecule has 2 rings (SSSR count). The molecule has 0 spiro atoms. The first kappa shape index (κ1) is 15.6. The number of aryl methyl sites for hydroxylation is 1. The summed E-state index contributed by atoms with van der Waals surface area (Å²) in [6, 6.07) is 4.11. The summed E-state index contributed by atoms with van der Waals surface area (Å²) in [5.41, 5.74) is 2.25. The van der Waals surface area contributed by atoms with E-state index in [1.807, 2.05) is 32.9 Å². The average molecular weight is 303 g/mol. The molecule has 1 aromatic rings. The van der Waals surface area contributed by atoms with Crippen LogP contribution in [0.4, 0.5) is 0 Å². The second-order valence-electron chi connectivity index (χ2n) is 5.24. The van der Waals surface area contributed by atoms with Crippen LogP contribution in [0.1, 0.15) is 24.5 Å². The minimum atomic E-state index is -0.170. The quantitative estimate of drug-likeness (QED) is 0.806. The highest BCUT2D eigenvalue weighted by Crippen LogP contribution is 2.09. The molecule has 4 nitrogen and oxygen atoms in total. The maximum atomic E-state index is 12.1. The van der Waals surface area contributed by atoms with E-state index in [1.165, 1.54) is 0 Å². The Morgan fingerprint density at radius 3 is 2.81 bits per heavy atom. The highest BCUT2D eigenvalue weighted by molar-refractivity contribution is 7.80. The van der Waals surface area contributed by atoms with Gasteiger partial charge in [-0.2, -0.15) is 0 Å². The largest absolute Gasteiger partial charge is 0.363 e. The lowest BCUT2D eigenvalue weighted by molar-refractivity contribution is -0.120. The van der Waals surface area contributed by atoms with Gasteiger partial charge in [0.15, 0.2) is 5.11 Å². The Bertz CT molecular complexity index is 681. The predicted octanol–water partition coefficient (Wildman–Crippen LogP) is 0.734. The van der Waals surface area contributed by atoms with Crippen LogP contribution in [0.3, 0.4) is 0 Å². The first-order chi connectivity index (χ1) is 10.0. The number of fused-ring (bicyclic) bond motifs is 1. The van der Waals surface area contributed by atoms with Gasteiger partial charge in [0.1, 0.15) is 0 Å². The summed E-state index contributed by atoms with van der Waals surface area (Å²) in [6.07, 6.45) is 2.72. The molecule has 1 atom stereocenters. The number of thiocarbonyl (C=S) groups is 1. The lowest BCUT2D eigenvalue weighted by atomic mass is 9.98. The van der Waals surface area contributed by atoms with Crippen LogP contribution in [0, 0.1) is 19.8 Å². The third-order valence-electron chi connectivity index (χ3n) is 3.73. The van der Waals surface area contributed by atoms with Crippen molar-refractivity contribution in [2.24, 2.45) is 10.9 Å². The topological polar surface area (TPSA) is 53.5 Å². The molecule has 0 radical (unpaired) electrons. The predicted molar refractivity (Wildman–Crippen MR) is 88.6 cm³/mol. The van der Waals surface area contributed by atoms with Crippen LogP contribution in [0.2, 0.25) is 0 Å². The minimum Gasteiger partial charge on any atom is -0.363 e. The van der Waals surface area contributed by atoms with E-state index >= 15 is 0 Å². The van der Waals surface area contributed by atoms with Gasteiger partial charge in [-0.15, -0.1) is 0 Å². The SMILES string of the molecule is CCNC(=S)NCCC1C=c2ccc(C)c(C)c2=NC1=O. The number of nitrogens with one attached hydrogen (secondary N) is 2. The second kappa shape index (κ2) is 6.80. The first-order valence-corrected chi connectivity index (χ1v) is 7.66. The van der Waals surface area contributed by atoms with Crippen LogP contribution in [0.15, 0.2) is 17.1 Å². The fourth-order valence-electron chi connectivity index (χ4n) is 2.36. The van der Waals surface area contributed by atoms with Crippen molar-refractivity contribution < 1.29 is 4.79 Å². The van der Waals surface area contributed by atoms with Crippen LogP contribution < -0.4 is 21.2 Å². The molecule has 1 aliphatic rings. The summed E-state index contributed by atoms with van der Waals surface area (Å²) in [7, 11) is 0. The number of nitrogens with zero attached hydrogens (tertiary/aromatic N) is 1. The Labute approximate surface area is 130 Å². The monoisotopic (exact) mass is 303 g/mol. The first-order valence-electron chi connectivity index (χ1n) is 7.25. The number of hydrogen-bond donors (Lipinski definition) is 2. The Morgan fingerprint density at radius 2 is 2.10 bits per heavy atom. The molecule has 1 amide bonds. The van der Waals surface area contributed by atoms with Gasteiger partial charge in [-0.25, -0.2) is 4.99 Å². The van der Waals surface area contributed by atoms with Crippen molar-refractivity contribution in [3.05, 3.63) is 33.8 Å². The average Bonchev–Trinajstić information content (AvgIpc) is 2.45. The zero-order valence-corrected chi connectivity index (χ0v) is 13.5. The normalized spacial score (nSPS) is 16.5. The van der Waals surface area contributed by atoms with Crippen molar-refractivity contribution in [1.82, 2.24) is 10.6 Å². The molecule has 2 N–H and O–H groups in total. The van der Waals surface area contributed by atoms with Gasteiger partial charge in [-0.1, -0.05) is 18.2 Å². The molecule has 0 bridgehead atoms. The molecular weight excluding hydrogens is 282 g/mol. The Morgan fingerprint density at radius 1 is 1.33 bits per heavy atom. The summed E-state index contributed by atoms with van der Waals surface area (Å²) in [5, 5.41) is 8.64. The Hall–Kier alpha value is -1.75. The molecule has 1 heterocycles. The van der Waals surface area contributed by atoms with Crippen molar-refractivity contribution in [2.45, 2.75) is 27.2 Å². The smallest absolute Gasteiger partial charge is 0.253 e. The molecule has 112 valence electrons. The summed E-state index contributed by atoms with van der Waals surface area (Å²) in [4.78, 5) is 16.4. The molecule has 21 heavy (non-hydrogen) atoms. The summed E-state index contributed by atoms with van der Waals surface area (Å²) < 4.78 is 0. The van der Waals surface area contributed by atoms with Gasteiger partial charge in [0.05, 0.1) is 11.3 Å². The lowest BCUT2D eigenvalue weighted by Gasteiger charge is -2.15. The highest BCUT2D eigenvalue weighted by atomic mass is 32.1. The van der Waals surface area contributed by atoms with Crippen molar-refractivity contribution in [1.29, 1.82) is 0 Å². The maximum Gasteiger partial charge on any atom is 0.253 e. The number of carbonyl (C=O) groups excluding carboxylic acids is 1. The number of rotatable bonds is 4. The fourth-order valence-corrected chi connectivity index (χ4v) is 2.60. The third-order valence-corrected chi connectivity index (χ3v) is 4.02. The molecule has 1 unspecified atom stereocenters. The van der Waals surface area contributed by atoms with E-state index in [1.54, 1.807) is 0 Å². The van der Waals surface area contributed by atoms with Crippen molar-refractivity contribution in [3.8, 4) is 0 Å². The summed E-state index contributed by atoms with van der Waals surface area (Å²) >= 11 is 5.10. The van der Waals surface area contributed by atoms with Crippen molar-refractivity contribution >= 4 is 29.3 Å². The van der Waals surface area contributed by atoms with Gasteiger partial charge in [0, 0.05) is 13.1 Å². The van der Waals surface area contributed by atoms with E-state index in [2.05, 4.69) is 21.7 Å². The van der Waals surface area contributed by atoms with Crippen LogP contribution >= 0.6 is 12.2 Å². The van der Waals surface area contributed by atoms with E-state index in [0.29, 0.717) is 18.1 Å². The second-order valence-corrected chi connectivity index (χ2v) is 5.65. The lowest BCUT2D eigenvalue weighted by Crippen LogP contribution is -2.39. The Kier molecular flexibility index (Phi) is 5.07. The minimum absolute atomic E-state index is 0.0626. The van der Waals surface area contributed by atoms with E-state index < -0.39 is 0 Å². The molecule has 5 heteroatoms. The van der Waals surface area contributed by atoms with Crippen molar-refractivity contribution in [2.75, 3.05) is 13.1 Å². The van der Waals surface area contributed by atoms with Gasteiger partial charge in [0.2, 0.25) is 0 Å². The molecule has 0 aliphatic carbocycles. The highest BCUT2D eigenvalue weighted by Gasteiger charge is 2.18. The summed E-state index contributed by atoms with van der Waals surface area (Å²) in [5.74, 6) is -0.232. The standard InChI is InChI=1S/C16H21N3OS/c1-4-17-16(21)18-8-7-13-9-12-6-5-10(2)11(3)14(12)19-15(13)20/h5-6,9,13H,4,7-8H2,1-3H3,(H2,17,18,21). The maximum absolute atomic E-state index is 12.1. The third kappa shape index (κ3) is 3.67. The van der Waals surface area contributed by atoms with E-state index in [0.717, 1.165) is 28.2 Å². The molecule has 0 saturated carbocycles. The number of carbonyl (C=O) groups is 1. The van der Waals surface area contributed by atoms with E-state index in [-0.39, 0.29) is 11.8 Å². The van der Waals surface area contributed by atoms with Gasteiger partial charge in [-0.3, -0.25) is 4.79 Å². The zero-order chi connectivity index (χ0) is 15.4. The van der Waals surface area contributed by atoms with E-state index in [4.69, 9.17) is 12.2 Å². The molecule has 0 fully saturated rings. The van der Waals surface area contributed by atoms with Gasteiger partial charge in [0.25, 0.3) is 5.91 Å². The van der Waals surface area contributed by atoms with E-state index in [9.17, 15) is 4.79 Å². The van der Waals surface area contributed by atoms with Crippen LogP contribution in [-0.2, 0) is 4.79 Å². The number of benzene rings is 1. The molecule has 1 aromatic carbocycles. The number of hydrogen-bond acceptors (Lipinski definition) is 2.